The molecule has 4 rings (SSSR count). The van der Waals surface area contributed by atoms with Gasteiger partial charge in [0.15, 0.2) is 0 Å². The van der Waals surface area contributed by atoms with E-state index in [9.17, 15) is 16.8 Å². The SMILES string of the molecule is O=S(=O)(c1ccc(S(=O)(=O)n2cnc3ccccc32)cc1)N1CCCC1. The Labute approximate surface area is 152 Å². The Morgan fingerprint density at radius 3 is 2.00 bits per heavy atom. The Hall–Kier alpha value is -2.23. The normalized spacial score (nSPS) is 16.3. The molecule has 1 aromatic heterocycles. The largest absolute Gasteiger partial charge is 0.269 e. The van der Waals surface area contributed by atoms with Crippen LogP contribution in [-0.2, 0) is 20.0 Å². The molecule has 1 aliphatic heterocycles. The van der Waals surface area contributed by atoms with Gasteiger partial charge >= 0.3 is 0 Å². The first-order chi connectivity index (χ1) is 12.4. The molecule has 0 unspecified atom stereocenters. The minimum absolute atomic E-state index is 0.0148. The molecule has 0 atom stereocenters. The van der Waals surface area contributed by atoms with Crippen LogP contribution >= 0.6 is 0 Å². The zero-order chi connectivity index (χ0) is 18.4. The molecule has 3 aromatic rings. The summed E-state index contributed by atoms with van der Waals surface area (Å²) in [7, 11) is -7.43. The smallest absolute Gasteiger partial charge is 0.236 e. The predicted molar refractivity (Wildman–Crippen MR) is 96.8 cm³/mol. The third kappa shape index (κ3) is 2.72. The van der Waals surface area contributed by atoms with Crippen molar-refractivity contribution in [3.63, 3.8) is 0 Å². The second-order valence-corrected chi connectivity index (χ2v) is 9.87. The Kier molecular flexibility index (Phi) is 4.09. The topological polar surface area (TPSA) is 89.3 Å². The molecule has 1 saturated heterocycles. The molecule has 0 bridgehead atoms. The molecule has 2 heterocycles. The van der Waals surface area contributed by atoms with Gasteiger partial charge in [-0.1, -0.05) is 12.1 Å². The van der Waals surface area contributed by atoms with E-state index in [0.717, 1.165) is 16.8 Å². The van der Waals surface area contributed by atoms with E-state index in [1.807, 2.05) is 0 Å². The lowest BCUT2D eigenvalue weighted by molar-refractivity contribution is 0.477. The van der Waals surface area contributed by atoms with Crippen LogP contribution in [0.2, 0.25) is 0 Å². The fraction of sp³-hybridized carbons (Fsp3) is 0.235. The maximum absolute atomic E-state index is 12.9. The summed E-state index contributed by atoms with van der Waals surface area (Å²) >= 11 is 0. The maximum atomic E-state index is 12.9. The van der Waals surface area contributed by atoms with Gasteiger partial charge in [-0.15, -0.1) is 0 Å². The Morgan fingerprint density at radius 1 is 0.769 bits per heavy atom. The Bertz CT molecular complexity index is 1160. The fourth-order valence-electron chi connectivity index (χ4n) is 3.10. The Morgan fingerprint density at radius 2 is 1.35 bits per heavy atom. The molecule has 1 fully saturated rings. The van der Waals surface area contributed by atoms with Crippen molar-refractivity contribution in [1.82, 2.24) is 13.3 Å². The van der Waals surface area contributed by atoms with Crippen molar-refractivity contribution < 1.29 is 16.8 Å². The molecule has 7 nitrogen and oxygen atoms in total. The van der Waals surface area contributed by atoms with Crippen LogP contribution in [0.4, 0.5) is 0 Å². The lowest BCUT2D eigenvalue weighted by atomic mass is 10.3. The second kappa shape index (κ2) is 6.19. The summed E-state index contributed by atoms with van der Waals surface area (Å²) in [5, 5.41) is 0. The Balaban J connectivity index is 1.72. The van der Waals surface area contributed by atoms with E-state index in [-0.39, 0.29) is 9.79 Å². The number of benzene rings is 2. The van der Waals surface area contributed by atoms with E-state index in [4.69, 9.17) is 0 Å². The molecule has 136 valence electrons. The van der Waals surface area contributed by atoms with Gasteiger partial charge in [0.25, 0.3) is 10.0 Å². The third-order valence-electron chi connectivity index (χ3n) is 4.50. The number of para-hydroxylation sites is 2. The summed E-state index contributed by atoms with van der Waals surface area (Å²) in [6, 6.07) is 12.3. The van der Waals surface area contributed by atoms with Gasteiger partial charge in [-0.2, -0.15) is 4.31 Å². The summed E-state index contributed by atoms with van der Waals surface area (Å²) in [4.78, 5) is 4.22. The number of hydrogen-bond donors (Lipinski definition) is 0. The first-order valence-corrected chi connectivity index (χ1v) is 11.1. The second-order valence-electron chi connectivity index (χ2n) is 6.12. The van der Waals surface area contributed by atoms with Gasteiger partial charge in [0, 0.05) is 13.1 Å². The molecule has 9 heteroatoms. The summed E-state index contributed by atoms with van der Waals surface area (Å²) in [6.07, 6.45) is 2.95. The number of nitrogens with zero attached hydrogens (tertiary/aromatic N) is 3. The molecular weight excluding hydrogens is 374 g/mol. The highest BCUT2D eigenvalue weighted by Crippen LogP contribution is 2.24. The van der Waals surface area contributed by atoms with E-state index in [1.165, 1.54) is 34.9 Å². The van der Waals surface area contributed by atoms with Crippen LogP contribution in [-0.4, -0.2) is 43.2 Å². The van der Waals surface area contributed by atoms with Crippen molar-refractivity contribution >= 4 is 31.1 Å². The van der Waals surface area contributed by atoms with Crippen LogP contribution in [0.3, 0.4) is 0 Å². The summed E-state index contributed by atoms with van der Waals surface area (Å²) in [6.45, 7) is 1.01. The van der Waals surface area contributed by atoms with Crippen molar-refractivity contribution in [2.75, 3.05) is 13.1 Å². The van der Waals surface area contributed by atoms with Gasteiger partial charge < -0.3 is 0 Å². The molecule has 2 aromatic carbocycles. The summed E-state index contributed by atoms with van der Waals surface area (Å²) in [5.41, 5.74) is 1.05. The minimum atomic E-state index is -3.86. The van der Waals surface area contributed by atoms with Crippen LogP contribution in [0.15, 0.2) is 64.6 Å². The number of sulfonamides is 1. The number of aromatic nitrogens is 2. The number of fused-ring (bicyclic) bond motifs is 1. The first-order valence-electron chi connectivity index (χ1n) is 8.18. The van der Waals surface area contributed by atoms with Gasteiger partial charge in [-0.25, -0.2) is 25.8 Å². The number of rotatable bonds is 4. The van der Waals surface area contributed by atoms with E-state index in [2.05, 4.69) is 4.98 Å². The van der Waals surface area contributed by atoms with Crippen LogP contribution in [0.1, 0.15) is 12.8 Å². The van der Waals surface area contributed by atoms with E-state index in [0.29, 0.717) is 24.1 Å². The first kappa shape index (κ1) is 17.2. The quantitative estimate of drug-likeness (QED) is 0.679. The van der Waals surface area contributed by atoms with Gasteiger partial charge in [-0.3, -0.25) is 0 Å². The van der Waals surface area contributed by atoms with Gasteiger partial charge in [0.05, 0.1) is 20.8 Å². The molecule has 1 aliphatic rings. The van der Waals surface area contributed by atoms with Crippen molar-refractivity contribution in [2.24, 2.45) is 0 Å². The van der Waals surface area contributed by atoms with Crippen LogP contribution in [0.25, 0.3) is 11.0 Å². The average Bonchev–Trinajstić information content (AvgIpc) is 3.32. The minimum Gasteiger partial charge on any atom is -0.236 e. The van der Waals surface area contributed by atoms with Crippen LogP contribution < -0.4 is 0 Å². The van der Waals surface area contributed by atoms with Crippen molar-refractivity contribution in [2.45, 2.75) is 22.6 Å². The molecule has 0 aliphatic carbocycles. The molecule has 0 spiro atoms. The van der Waals surface area contributed by atoms with Crippen LogP contribution in [0.5, 0.6) is 0 Å². The monoisotopic (exact) mass is 391 g/mol. The average molecular weight is 391 g/mol. The van der Waals surface area contributed by atoms with E-state index < -0.39 is 20.0 Å². The molecule has 26 heavy (non-hydrogen) atoms. The molecule has 0 radical (unpaired) electrons. The van der Waals surface area contributed by atoms with E-state index >= 15 is 0 Å². The van der Waals surface area contributed by atoms with Crippen molar-refractivity contribution in [3.05, 3.63) is 54.9 Å². The number of hydrogen-bond acceptors (Lipinski definition) is 5. The zero-order valence-corrected chi connectivity index (χ0v) is 15.4. The highest BCUT2D eigenvalue weighted by atomic mass is 32.2. The van der Waals surface area contributed by atoms with E-state index in [1.54, 1.807) is 24.3 Å². The fourth-order valence-corrected chi connectivity index (χ4v) is 5.91. The van der Waals surface area contributed by atoms with Crippen molar-refractivity contribution in [1.29, 1.82) is 0 Å². The molecule has 0 N–H and O–H groups in total. The van der Waals surface area contributed by atoms with Gasteiger partial charge in [0.1, 0.15) is 6.33 Å². The lowest BCUT2D eigenvalue weighted by Crippen LogP contribution is -2.27. The van der Waals surface area contributed by atoms with Gasteiger partial charge in [-0.05, 0) is 49.2 Å². The van der Waals surface area contributed by atoms with Crippen molar-refractivity contribution in [3.8, 4) is 0 Å². The zero-order valence-electron chi connectivity index (χ0n) is 13.8. The maximum Gasteiger partial charge on any atom is 0.269 e. The molecular formula is C17H17N3O4S2. The highest BCUT2D eigenvalue weighted by molar-refractivity contribution is 7.90. The predicted octanol–water partition coefficient (Wildman–Crippen LogP) is 2.06. The summed E-state index contributed by atoms with van der Waals surface area (Å²) in [5.74, 6) is 0. The summed E-state index contributed by atoms with van der Waals surface area (Å²) < 4.78 is 53.4. The standard InChI is InChI=1S/C17H17N3O4S2/c21-25(22,19-11-3-4-12-19)14-7-9-15(10-8-14)26(23,24)20-13-18-16-5-1-2-6-17(16)20/h1-2,5-10,13H,3-4,11-12H2. The highest BCUT2D eigenvalue weighted by Gasteiger charge is 2.28. The molecule has 0 amide bonds. The number of imidazole rings is 1. The third-order valence-corrected chi connectivity index (χ3v) is 8.09. The van der Waals surface area contributed by atoms with Gasteiger partial charge in [0.2, 0.25) is 10.0 Å². The molecule has 0 saturated carbocycles. The lowest BCUT2D eigenvalue weighted by Gasteiger charge is -2.15. The van der Waals surface area contributed by atoms with Crippen LogP contribution in [0, 0.1) is 0 Å².